The van der Waals surface area contributed by atoms with Crippen LogP contribution in [0.3, 0.4) is 0 Å². The highest BCUT2D eigenvalue weighted by Crippen LogP contribution is 2.20. The first kappa shape index (κ1) is 24.3. The molecule has 1 aliphatic rings. The predicted molar refractivity (Wildman–Crippen MR) is 123 cm³/mol. The van der Waals surface area contributed by atoms with Crippen molar-refractivity contribution in [2.45, 2.75) is 51.2 Å². The summed E-state index contributed by atoms with van der Waals surface area (Å²) >= 11 is 0. The van der Waals surface area contributed by atoms with Crippen molar-refractivity contribution in [3.8, 4) is 0 Å². The lowest BCUT2D eigenvalue weighted by Gasteiger charge is -2.33. The third-order valence-electron chi connectivity index (χ3n) is 5.65. The van der Waals surface area contributed by atoms with Crippen LogP contribution < -0.4 is 5.43 Å². The summed E-state index contributed by atoms with van der Waals surface area (Å²) in [7, 11) is 0. The van der Waals surface area contributed by atoms with Crippen molar-refractivity contribution in [1.29, 1.82) is 0 Å². The molecule has 0 bridgehead atoms. The summed E-state index contributed by atoms with van der Waals surface area (Å²) < 4.78 is 5.26. The van der Waals surface area contributed by atoms with Crippen molar-refractivity contribution in [2.24, 2.45) is 0 Å². The van der Waals surface area contributed by atoms with Crippen LogP contribution in [-0.2, 0) is 27.3 Å². The van der Waals surface area contributed by atoms with Gasteiger partial charge in [0.2, 0.25) is 0 Å². The van der Waals surface area contributed by atoms with E-state index >= 15 is 0 Å². The van der Waals surface area contributed by atoms with E-state index in [1.54, 1.807) is 6.92 Å². The minimum absolute atomic E-state index is 0.184. The van der Waals surface area contributed by atoms with E-state index in [4.69, 9.17) is 4.74 Å². The molecule has 2 amide bonds. The van der Waals surface area contributed by atoms with Crippen molar-refractivity contribution >= 4 is 18.0 Å². The topological polar surface area (TPSA) is 99.2 Å². The van der Waals surface area contributed by atoms with E-state index in [1.807, 2.05) is 60.7 Å². The van der Waals surface area contributed by atoms with Gasteiger partial charge in [0, 0.05) is 6.54 Å². The Hall–Kier alpha value is -3.39. The first-order chi connectivity index (χ1) is 16.0. The van der Waals surface area contributed by atoms with E-state index in [0.717, 1.165) is 11.1 Å². The summed E-state index contributed by atoms with van der Waals surface area (Å²) in [6, 6.07) is 17.1. The summed E-state index contributed by atoms with van der Waals surface area (Å²) in [5.41, 5.74) is 4.99. The molecule has 1 aliphatic heterocycles. The number of urea groups is 1. The van der Waals surface area contributed by atoms with Gasteiger partial charge in [-0.25, -0.2) is 15.0 Å². The first-order valence-corrected chi connectivity index (χ1v) is 11.3. The van der Waals surface area contributed by atoms with Crippen LogP contribution in [0.4, 0.5) is 4.79 Å². The van der Waals surface area contributed by atoms with Crippen LogP contribution in [-0.4, -0.2) is 58.2 Å². The number of esters is 1. The Kier molecular flexibility index (Phi) is 8.83. The average molecular weight is 454 g/mol. The van der Waals surface area contributed by atoms with Crippen LogP contribution >= 0.6 is 0 Å². The lowest BCUT2D eigenvalue weighted by atomic mass is 10.1. The van der Waals surface area contributed by atoms with E-state index in [9.17, 15) is 19.5 Å². The summed E-state index contributed by atoms with van der Waals surface area (Å²) in [5, 5.41) is 10.9. The predicted octanol–water partition coefficient (Wildman–Crippen LogP) is 3.23. The number of ether oxygens (including phenoxy) is 1. The molecule has 1 fully saturated rings. The molecular formula is C25H31N3O5. The number of amides is 2. The summed E-state index contributed by atoms with van der Waals surface area (Å²) in [6.07, 6.45) is 2.07. The molecule has 2 aromatic carbocycles. The van der Waals surface area contributed by atoms with Crippen molar-refractivity contribution in [2.75, 3.05) is 13.2 Å². The molecule has 0 spiro atoms. The van der Waals surface area contributed by atoms with Crippen LogP contribution in [0.25, 0.3) is 0 Å². The Morgan fingerprint density at radius 3 is 2.33 bits per heavy atom. The number of carbonyl (C=O) groups excluding carboxylic acids is 2. The molecule has 2 N–H and O–H groups in total. The fourth-order valence-electron chi connectivity index (χ4n) is 3.96. The van der Waals surface area contributed by atoms with Gasteiger partial charge in [-0.1, -0.05) is 60.7 Å². The molecule has 8 heteroatoms. The quantitative estimate of drug-likeness (QED) is 0.423. The fraction of sp³-hybridized carbons (Fsp3) is 0.400. The number of likely N-dealkylation sites (tertiary alicyclic amines) is 1. The summed E-state index contributed by atoms with van der Waals surface area (Å²) in [5.74, 6) is -1.47. The van der Waals surface area contributed by atoms with Crippen LogP contribution in [0.5, 0.6) is 0 Å². The third-order valence-corrected chi connectivity index (χ3v) is 5.65. The number of nitrogens with one attached hydrogen (secondary N) is 1. The number of carboxylic acids is 1. The fourth-order valence-corrected chi connectivity index (χ4v) is 3.96. The number of hydrogen-bond acceptors (Lipinski definition) is 5. The number of carboxylic acid groups (broad SMARTS) is 1. The Balaban J connectivity index is 1.81. The van der Waals surface area contributed by atoms with Crippen LogP contribution in [0.1, 0.15) is 37.3 Å². The largest absolute Gasteiger partial charge is 0.480 e. The number of nitrogens with zero attached hydrogens (tertiary/aromatic N) is 2. The molecule has 2 aromatic rings. The van der Waals surface area contributed by atoms with E-state index in [-0.39, 0.29) is 13.2 Å². The maximum absolute atomic E-state index is 13.4. The van der Waals surface area contributed by atoms with Gasteiger partial charge in [-0.05, 0) is 43.7 Å². The zero-order valence-corrected chi connectivity index (χ0v) is 18.9. The Morgan fingerprint density at radius 2 is 1.73 bits per heavy atom. The zero-order valence-electron chi connectivity index (χ0n) is 18.9. The van der Waals surface area contributed by atoms with E-state index in [2.05, 4.69) is 5.43 Å². The minimum atomic E-state index is -1.02. The SMILES string of the molecule is CCOC(=O)C(CCc1ccccc1)NN(Cc1ccccc1)C(=O)N1CCC[C@H]1C(=O)O. The van der Waals surface area contributed by atoms with E-state index in [0.29, 0.717) is 32.2 Å². The molecule has 1 heterocycles. The van der Waals surface area contributed by atoms with Crippen molar-refractivity contribution < 1.29 is 24.2 Å². The number of aliphatic carboxylic acids is 1. The third kappa shape index (κ3) is 6.79. The van der Waals surface area contributed by atoms with Gasteiger partial charge in [0.05, 0.1) is 13.2 Å². The molecule has 0 saturated carbocycles. The number of benzene rings is 2. The van der Waals surface area contributed by atoms with Crippen LogP contribution in [0.2, 0.25) is 0 Å². The second-order valence-corrected chi connectivity index (χ2v) is 8.00. The standard InChI is InChI=1S/C25H31N3O5/c1-2-33-24(31)21(16-15-19-10-5-3-6-11-19)26-28(18-20-12-7-4-8-13-20)25(32)27-17-9-14-22(27)23(29)30/h3-8,10-13,21-22,26H,2,9,14-18H2,1H3,(H,29,30)/t21?,22-/m0/s1. The van der Waals surface area contributed by atoms with Crippen LogP contribution in [0, 0.1) is 0 Å². The van der Waals surface area contributed by atoms with Crippen molar-refractivity contribution in [1.82, 2.24) is 15.3 Å². The van der Waals surface area contributed by atoms with Gasteiger partial charge in [-0.3, -0.25) is 9.80 Å². The summed E-state index contributed by atoms with van der Waals surface area (Å²) in [6.45, 7) is 2.50. The maximum Gasteiger partial charge on any atom is 0.335 e. The second-order valence-electron chi connectivity index (χ2n) is 8.00. The van der Waals surface area contributed by atoms with Crippen molar-refractivity contribution in [3.05, 3.63) is 71.8 Å². The van der Waals surface area contributed by atoms with Crippen molar-refractivity contribution in [3.63, 3.8) is 0 Å². The molecule has 33 heavy (non-hydrogen) atoms. The van der Waals surface area contributed by atoms with Gasteiger partial charge in [0.15, 0.2) is 0 Å². The number of rotatable bonds is 10. The van der Waals surface area contributed by atoms with Gasteiger partial charge in [-0.2, -0.15) is 0 Å². The molecule has 8 nitrogen and oxygen atoms in total. The zero-order chi connectivity index (χ0) is 23.6. The molecule has 2 atom stereocenters. The average Bonchev–Trinajstić information content (AvgIpc) is 3.32. The highest BCUT2D eigenvalue weighted by molar-refractivity contribution is 5.83. The van der Waals surface area contributed by atoms with Gasteiger partial charge in [0.25, 0.3) is 0 Å². The highest BCUT2D eigenvalue weighted by atomic mass is 16.5. The molecule has 0 aromatic heterocycles. The molecule has 0 radical (unpaired) electrons. The van der Waals surface area contributed by atoms with E-state index < -0.39 is 30.1 Å². The molecule has 176 valence electrons. The lowest BCUT2D eigenvalue weighted by Crippen LogP contribution is -2.57. The molecule has 1 saturated heterocycles. The Morgan fingerprint density at radius 1 is 1.09 bits per heavy atom. The number of carbonyl (C=O) groups is 3. The summed E-state index contributed by atoms with van der Waals surface area (Å²) in [4.78, 5) is 39.2. The molecule has 0 aliphatic carbocycles. The lowest BCUT2D eigenvalue weighted by molar-refractivity contribution is -0.147. The van der Waals surface area contributed by atoms with Gasteiger partial charge in [-0.15, -0.1) is 0 Å². The highest BCUT2D eigenvalue weighted by Gasteiger charge is 2.37. The smallest absolute Gasteiger partial charge is 0.335 e. The molecule has 1 unspecified atom stereocenters. The Bertz CT molecular complexity index is 922. The minimum Gasteiger partial charge on any atom is -0.480 e. The molecular weight excluding hydrogens is 422 g/mol. The number of hydrogen-bond donors (Lipinski definition) is 2. The first-order valence-electron chi connectivity index (χ1n) is 11.3. The Labute approximate surface area is 194 Å². The maximum atomic E-state index is 13.4. The van der Waals surface area contributed by atoms with Gasteiger partial charge >= 0.3 is 18.0 Å². The van der Waals surface area contributed by atoms with Gasteiger partial charge < -0.3 is 14.7 Å². The van der Waals surface area contributed by atoms with Gasteiger partial charge in [0.1, 0.15) is 12.1 Å². The monoisotopic (exact) mass is 453 g/mol. The normalized spacial score (nSPS) is 16.3. The molecule has 3 rings (SSSR count). The van der Waals surface area contributed by atoms with E-state index in [1.165, 1.54) is 9.91 Å². The number of hydrazine groups is 1. The second kappa shape index (κ2) is 12.0. The number of aryl methyl sites for hydroxylation is 1. The van der Waals surface area contributed by atoms with Crippen LogP contribution in [0.15, 0.2) is 60.7 Å².